The molecule has 132 valence electrons. The van der Waals surface area contributed by atoms with E-state index < -0.39 is 4.92 Å². The van der Waals surface area contributed by atoms with Gasteiger partial charge in [-0.05, 0) is 30.7 Å². The van der Waals surface area contributed by atoms with E-state index in [0.717, 1.165) is 0 Å². The molecule has 0 saturated carbocycles. The maximum absolute atomic E-state index is 12.6. The number of hydrogen-bond donors (Lipinski definition) is 0. The Hall–Kier alpha value is -2.60. The van der Waals surface area contributed by atoms with Gasteiger partial charge in [0.15, 0.2) is 0 Å². The lowest BCUT2D eigenvalue weighted by Gasteiger charge is -2.25. The standard InChI is InChI=1S/C18H19ClN2O4/c1-12(13-5-4-6-16(10-13)21(23)24)20(2)18(22)11-14-9-15(19)7-8-17(14)25-3/h4-10,12H,11H2,1-3H3/t12-/m1/s1. The summed E-state index contributed by atoms with van der Waals surface area (Å²) in [5, 5.41) is 11.4. The minimum Gasteiger partial charge on any atom is -0.496 e. The summed E-state index contributed by atoms with van der Waals surface area (Å²) < 4.78 is 5.26. The third-order valence-corrected chi connectivity index (χ3v) is 4.36. The lowest BCUT2D eigenvalue weighted by molar-refractivity contribution is -0.384. The van der Waals surface area contributed by atoms with Gasteiger partial charge in [0.05, 0.1) is 24.5 Å². The number of likely N-dealkylation sites (N-methyl/N-ethyl adjacent to an activating group) is 1. The zero-order chi connectivity index (χ0) is 18.6. The SMILES string of the molecule is COc1ccc(Cl)cc1CC(=O)N(C)[C@H](C)c1cccc([N+](=O)[O-])c1. The van der Waals surface area contributed by atoms with E-state index in [0.29, 0.717) is 21.9 Å². The molecule has 2 aromatic carbocycles. The van der Waals surface area contributed by atoms with Crippen LogP contribution in [0.3, 0.4) is 0 Å². The molecule has 2 aromatic rings. The quantitative estimate of drug-likeness (QED) is 0.574. The molecule has 6 nitrogen and oxygen atoms in total. The summed E-state index contributed by atoms with van der Waals surface area (Å²) in [6.45, 7) is 1.83. The molecule has 0 saturated heterocycles. The first-order valence-electron chi connectivity index (χ1n) is 7.66. The minimum atomic E-state index is -0.450. The lowest BCUT2D eigenvalue weighted by Crippen LogP contribution is -2.31. The van der Waals surface area contributed by atoms with Gasteiger partial charge >= 0.3 is 0 Å². The molecule has 0 spiro atoms. The number of nitro groups is 1. The summed E-state index contributed by atoms with van der Waals surface area (Å²) in [6.07, 6.45) is 0.125. The minimum absolute atomic E-state index is 0.00158. The first-order chi connectivity index (χ1) is 11.8. The van der Waals surface area contributed by atoms with Gasteiger partial charge in [-0.15, -0.1) is 0 Å². The molecule has 0 aliphatic rings. The fourth-order valence-corrected chi connectivity index (χ4v) is 2.71. The van der Waals surface area contributed by atoms with E-state index in [1.165, 1.54) is 19.2 Å². The highest BCUT2D eigenvalue weighted by Crippen LogP contribution is 2.26. The fourth-order valence-electron chi connectivity index (χ4n) is 2.51. The summed E-state index contributed by atoms with van der Waals surface area (Å²) in [5.41, 5.74) is 1.39. The zero-order valence-electron chi connectivity index (χ0n) is 14.2. The highest BCUT2D eigenvalue weighted by atomic mass is 35.5. The predicted molar refractivity (Wildman–Crippen MR) is 96.0 cm³/mol. The number of hydrogen-bond acceptors (Lipinski definition) is 4. The second-order valence-electron chi connectivity index (χ2n) is 5.67. The zero-order valence-corrected chi connectivity index (χ0v) is 15.0. The molecule has 0 fully saturated rings. The summed E-state index contributed by atoms with van der Waals surface area (Å²) >= 11 is 6.00. The van der Waals surface area contributed by atoms with Gasteiger partial charge in [-0.25, -0.2) is 0 Å². The molecule has 0 aliphatic carbocycles. The third-order valence-electron chi connectivity index (χ3n) is 4.12. The van der Waals surface area contributed by atoms with E-state index in [2.05, 4.69) is 0 Å². The fraction of sp³-hybridized carbons (Fsp3) is 0.278. The van der Waals surface area contributed by atoms with Crippen molar-refractivity contribution in [3.63, 3.8) is 0 Å². The van der Waals surface area contributed by atoms with Crippen LogP contribution >= 0.6 is 11.6 Å². The molecular weight excluding hydrogens is 344 g/mol. The summed E-state index contributed by atoms with van der Waals surface area (Å²) in [6, 6.07) is 11.1. The highest BCUT2D eigenvalue weighted by molar-refractivity contribution is 6.30. The van der Waals surface area contributed by atoms with Gasteiger partial charge in [0.25, 0.3) is 5.69 Å². The van der Waals surface area contributed by atoms with Crippen molar-refractivity contribution in [2.75, 3.05) is 14.2 Å². The molecule has 0 radical (unpaired) electrons. The molecule has 1 amide bonds. The molecule has 2 rings (SSSR count). The summed E-state index contributed by atoms with van der Waals surface area (Å²) in [5.74, 6) is 0.453. The van der Waals surface area contributed by atoms with Gasteiger partial charge in [0.1, 0.15) is 5.75 Å². The number of ether oxygens (including phenoxy) is 1. The number of benzene rings is 2. The van der Waals surface area contributed by atoms with Crippen LogP contribution in [-0.2, 0) is 11.2 Å². The van der Waals surface area contributed by atoms with Crippen LogP contribution in [0, 0.1) is 10.1 Å². The Balaban J connectivity index is 2.18. The molecule has 0 N–H and O–H groups in total. The van der Waals surface area contributed by atoms with Crippen LogP contribution < -0.4 is 4.74 Å². The van der Waals surface area contributed by atoms with Crippen LogP contribution in [0.2, 0.25) is 5.02 Å². The number of nitro benzene ring substituents is 1. The van der Waals surface area contributed by atoms with Crippen molar-refractivity contribution in [1.82, 2.24) is 4.90 Å². The van der Waals surface area contributed by atoms with Gasteiger partial charge in [-0.3, -0.25) is 14.9 Å². The lowest BCUT2D eigenvalue weighted by atomic mass is 10.0. The number of non-ortho nitro benzene ring substituents is 1. The van der Waals surface area contributed by atoms with E-state index >= 15 is 0 Å². The molecule has 0 aliphatic heterocycles. The molecule has 0 aromatic heterocycles. The van der Waals surface area contributed by atoms with Gasteiger partial charge < -0.3 is 9.64 Å². The van der Waals surface area contributed by atoms with Crippen LogP contribution in [0.4, 0.5) is 5.69 Å². The number of carbonyl (C=O) groups is 1. The first kappa shape index (κ1) is 18.7. The number of halogens is 1. The maximum atomic E-state index is 12.6. The average molecular weight is 363 g/mol. The third kappa shape index (κ3) is 4.48. The first-order valence-corrected chi connectivity index (χ1v) is 8.03. The number of methoxy groups -OCH3 is 1. The number of nitrogens with zero attached hydrogens (tertiary/aromatic N) is 2. The second-order valence-corrected chi connectivity index (χ2v) is 6.10. The normalized spacial score (nSPS) is 11.7. The van der Waals surface area contributed by atoms with Crippen molar-refractivity contribution in [2.45, 2.75) is 19.4 Å². The molecule has 0 heterocycles. The Morgan fingerprint density at radius 1 is 1.32 bits per heavy atom. The molecule has 1 atom stereocenters. The van der Waals surface area contributed by atoms with Crippen LogP contribution in [0.5, 0.6) is 5.75 Å². The topological polar surface area (TPSA) is 72.7 Å². The molecular formula is C18H19ClN2O4. The van der Waals surface area contributed by atoms with Crippen molar-refractivity contribution in [3.05, 3.63) is 68.7 Å². The molecule has 0 unspecified atom stereocenters. The Morgan fingerprint density at radius 3 is 2.68 bits per heavy atom. The van der Waals surface area contributed by atoms with E-state index in [1.807, 2.05) is 6.92 Å². The Kier molecular flexibility index (Phi) is 5.98. The van der Waals surface area contributed by atoms with Gasteiger partial charge in [-0.1, -0.05) is 23.7 Å². The second kappa shape index (κ2) is 7.98. The van der Waals surface area contributed by atoms with Crippen molar-refractivity contribution in [2.24, 2.45) is 0 Å². The van der Waals surface area contributed by atoms with Crippen molar-refractivity contribution < 1.29 is 14.5 Å². The molecule has 25 heavy (non-hydrogen) atoms. The summed E-state index contributed by atoms with van der Waals surface area (Å²) in [4.78, 5) is 24.6. The number of carbonyl (C=O) groups excluding carboxylic acids is 1. The van der Waals surface area contributed by atoms with Crippen LogP contribution in [0.25, 0.3) is 0 Å². The number of rotatable bonds is 6. The monoisotopic (exact) mass is 362 g/mol. The Morgan fingerprint density at radius 2 is 2.04 bits per heavy atom. The molecule has 0 bridgehead atoms. The maximum Gasteiger partial charge on any atom is 0.269 e. The van der Waals surface area contributed by atoms with E-state index in [-0.39, 0.29) is 24.1 Å². The Bertz CT molecular complexity index is 794. The van der Waals surface area contributed by atoms with Crippen LogP contribution in [-0.4, -0.2) is 29.9 Å². The average Bonchev–Trinajstić information content (AvgIpc) is 2.60. The van der Waals surface area contributed by atoms with Crippen LogP contribution in [0.1, 0.15) is 24.1 Å². The van der Waals surface area contributed by atoms with E-state index in [4.69, 9.17) is 16.3 Å². The van der Waals surface area contributed by atoms with Crippen molar-refractivity contribution >= 4 is 23.2 Å². The smallest absolute Gasteiger partial charge is 0.269 e. The van der Waals surface area contributed by atoms with Gasteiger partial charge in [0.2, 0.25) is 5.91 Å². The largest absolute Gasteiger partial charge is 0.496 e. The van der Waals surface area contributed by atoms with E-state index in [9.17, 15) is 14.9 Å². The predicted octanol–water partition coefficient (Wildman–Crippen LogP) is 4.02. The van der Waals surface area contributed by atoms with Gasteiger partial charge in [-0.2, -0.15) is 0 Å². The van der Waals surface area contributed by atoms with Gasteiger partial charge in [0, 0.05) is 29.8 Å². The van der Waals surface area contributed by atoms with E-state index in [1.54, 1.807) is 42.3 Å². The van der Waals surface area contributed by atoms with Crippen molar-refractivity contribution in [1.29, 1.82) is 0 Å². The Labute approximate surface area is 151 Å². The summed E-state index contributed by atoms with van der Waals surface area (Å²) in [7, 11) is 3.20. The van der Waals surface area contributed by atoms with Crippen LogP contribution in [0.15, 0.2) is 42.5 Å². The van der Waals surface area contributed by atoms with Crippen molar-refractivity contribution in [3.8, 4) is 5.75 Å². The number of amides is 1. The molecule has 7 heteroatoms. The highest BCUT2D eigenvalue weighted by Gasteiger charge is 2.20.